The highest BCUT2D eigenvalue weighted by atomic mass is 16.8. The lowest BCUT2D eigenvalue weighted by Crippen LogP contribution is -2.50. The van der Waals surface area contributed by atoms with Crippen molar-refractivity contribution in [2.45, 2.75) is 199 Å². The van der Waals surface area contributed by atoms with Crippen LogP contribution in [-0.4, -0.2) is 275 Å². The summed E-state index contributed by atoms with van der Waals surface area (Å²) in [6.45, 7) is -2.42. The predicted octanol–water partition coefficient (Wildman–Crippen LogP) is -8.54. The van der Waals surface area contributed by atoms with Gasteiger partial charge in [0.1, 0.15) is 122 Å². The Morgan fingerprint density at radius 3 is 1.00 bits per heavy atom. The van der Waals surface area contributed by atoms with Crippen LogP contribution >= 0.6 is 0 Å². The largest absolute Gasteiger partial charge is 0.394 e. The zero-order chi connectivity index (χ0) is 47.0. The van der Waals surface area contributed by atoms with E-state index in [1.165, 1.54) is 0 Å². The molecule has 0 bridgehead atoms. The summed E-state index contributed by atoms with van der Waals surface area (Å²) in [5.41, 5.74) is 0. The first-order chi connectivity index (χ1) is 30.6. The maximum Gasteiger partial charge on any atom is 0.187 e. The maximum atomic E-state index is 11.5. The molecule has 5 fully saturated rings. The van der Waals surface area contributed by atoms with Crippen molar-refractivity contribution in [3.05, 3.63) is 0 Å². The van der Waals surface area contributed by atoms with E-state index < -0.39 is 187 Å². The molecule has 0 amide bonds. The summed E-state index contributed by atoms with van der Waals surface area (Å²) in [4.78, 5) is 0. The molecule has 0 aliphatic carbocycles. The molecule has 26 heteroatoms. The Kier molecular flexibility index (Phi) is 21.1. The third-order valence-corrected chi connectivity index (χ3v) is 12.0. The Labute approximate surface area is 367 Å². The molecule has 0 aromatic heterocycles. The van der Waals surface area contributed by atoms with E-state index in [-0.39, 0.29) is 6.61 Å². The van der Waals surface area contributed by atoms with Crippen LogP contribution in [0.4, 0.5) is 0 Å². The topological polar surface area (TPSA) is 416 Å². The predicted molar refractivity (Wildman–Crippen MR) is 204 cm³/mol. The molecule has 0 aromatic rings. The molecular weight excluding hydrogens is 872 g/mol. The van der Waals surface area contributed by atoms with Crippen molar-refractivity contribution in [3.63, 3.8) is 0 Å². The molecule has 5 aliphatic heterocycles. The molecule has 5 rings (SSSR count). The van der Waals surface area contributed by atoms with Gasteiger partial charge < -0.3 is 129 Å². The first kappa shape index (κ1) is 53.9. The van der Waals surface area contributed by atoms with E-state index in [9.17, 15) is 81.7 Å². The number of unbranched alkanes of at least 4 members (excludes halogenated alkanes) is 5. The Morgan fingerprint density at radius 1 is 0.359 bits per heavy atom. The van der Waals surface area contributed by atoms with Crippen molar-refractivity contribution in [2.24, 2.45) is 0 Å². The van der Waals surface area contributed by atoms with Gasteiger partial charge in [-0.2, -0.15) is 0 Å². The van der Waals surface area contributed by atoms with Gasteiger partial charge in [0.25, 0.3) is 0 Å². The van der Waals surface area contributed by atoms with Crippen LogP contribution in [0.1, 0.15) is 45.4 Å². The molecule has 5 aliphatic rings. The van der Waals surface area contributed by atoms with Crippen LogP contribution in [-0.2, 0) is 47.4 Å². The standard InChI is InChI=1S/C38H68O26/c1-2-3-4-5-6-7-8-55-35-30(21(51)26(57-35)15(45)10-40)62-37-32(23(53)28(59-37)17(47)12-42)64-38-33(24(54)29(60-38)18(48)13-43)63-36-31(22(52)27(58-36)16(46)11-41)61-34-20(50)19(49)25(56-34)14(44)9-39/h14-54H,2-13H2,1H3/t14-,15+,16-,17+,18+,19-,20-,21-,22-,23-,24+,25+,26-,27-,28-,29+,30+,31+,32+,33-,34+,35+,36-,37-,38+/m0/s1. The summed E-state index contributed by atoms with van der Waals surface area (Å²) in [5, 5.41) is 167. The van der Waals surface area contributed by atoms with Crippen LogP contribution in [0.3, 0.4) is 0 Å². The van der Waals surface area contributed by atoms with Crippen LogP contribution < -0.4 is 0 Å². The maximum absolute atomic E-state index is 11.5. The minimum atomic E-state index is -1.97. The van der Waals surface area contributed by atoms with Gasteiger partial charge in [-0.1, -0.05) is 39.0 Å². The minimum Gasteiger partial charge on any atom is -0.394 e. The second kappa shape index (κ2) is 25.0. The van der Waals surface area contributed by atoms with Gasteiger partial charge in [-0.05, 0) is 6.42 Å². The first-order valence-corrected chi connectivity index (χ1v) is 21.6. The van der Waals surface area contributed by atoms with Gasteiger partial charge in [-0.3, -0.25) is 0 Å². The number of hydrogen-bond acceptors (Lipinski definition) is 26. The highest BCUT2D eigenvalue weighted by Gasteiger charge is 2.60. The van der Waals surface area contributed by atoms with Crippen LogP contribution in [0.2, 0.25) is 0 Å². The third-order valence-electron chi connectivity index (χ3n) is 12.0. The number of rotatable bonds is 26. The van der Waals surface area contributed by atoms with Gasteiger partial charge in [0.15, 0.2) is 31.5 Å². The van der Waals surface area contributed by atoms with Gasteiger partial charge in [0, 0.05) is 6.61 Å². The van der Waals surface area contributed by atoms with Gasteiger partial charge in [0.05, 0.1) is 33.0 Å². The van der Waals surface area contributed by atoms with Gasteiger partial charge in [-0.15, -0.1) is 0 Å². The van der Waals surface area contributed by atoms with Crippen LogP contribution in [0.15, 0.2) is 0 Å². The molecule has 16 N–H and O–H groups in total. The summed E-state index contributed by atoms with van der Waals surface area (Å²) in [6, 6.07) is 0. The number of aliphatic hydroxyl groups excluding tert-OH is 16. The summed E-state index contributed by atoms with van der Waals surface area (Å²) in [7, 11) is 0. The second-order valence-corrected chi connectivity index (χ2v) is 16.6. The molecule has 5 saturated heterocycles. The van der Waals surface area contributed by atoms with E-state index in [0.717, 1.165) is 32.1 Å². The number of hydrogen-bond donors (Lipinski definition) is 16. The van der Waals surface area contributed by atoms with E-state index in [4.69, 9.17) is 47.4 Å². The molecule has 376 valence electrons. The molecule has 0 saturated carbocycles. The number of aliphatic hydroxyl groups is 16. The summed E-state index contributed by atoms with van der Waals surface area (Å²) in [6.07, 6.45) is -38.7. The Balaban J connectivity index is 1.40. The van der Waals surface area contributed by atoms with E-state index >= 15 is 0 Å². The fourth-order valence-electron chi connectivity index (χ4n) is 8.28. The lowest BCUT2D eigenvalue weighted by Gasteiger charge is -2.32. The van der Waals surface area contributed by atoms with Crippen molar-refractivity contribution < 1.29 is 129 Å². The molecule has 5 heterocycles. The summed E-state index contributed by atoms with van der Waals surface area (Å²) < 4.78 is 58.3. The Bertz CT molecular complexity index is 1340. The third kappa shape index (κ3) is 12.2. The molecule has 64 heavy (non-hydrogen) atoms. The number of ether oxygens (including phenoxy) is 10. The SMILES string of the molecule is CCCCCCCCO[C@@H]1O[C@@H]([C@H](O)CO)[C@H](O)[C@H]1O[C@@H]1O[C@@H]([C@H](O)CO)[C@H](O)[C@H]1O[C@H]1O[C@H]([C@H](O)CO)[C@@H](O)[C@@H]1O[C@@H]1O[C@@H]([C@@H](O)CO)[C@H](O)[C@H]1O[C@H]1O[C@H]([C@@H](O)CO)[C@@H](O)[C@@H]1O. The lowest BCUT2D eigenvalue weighted by molar-refractivity contribution is -0.301. The monoisotopic (exact) mass is 940 g/mol. The van der Waals surface area contributed by atoms with Crippen LogP contribution in [0.5, 0.6) is 0 Å². The Hall–Kier alpha value is -1.04. The van der Waals surface area contributed by atoms with Crippen molar-refractivity contribution in [3.8, 4) is 0 Å². The second-order valence-electron chi connectivity index (χ2n) is 16.6. The quantitative estimate of drug-likeness (QED) is 0.0358. The molecule has 0 spiro atoms. The lowest BCUT2D eigenvalue weighted by atomic mass is 10.0. The van der Waals surface area contributed by atoms with Crippen molar-refractivity contribution >= 4 is 0 Å². The van der Waals surface area contributed by atoms with Gasteiger partial charge in [-0.25, -0.2) is 0 Å². The van der Waals surface area contributed by atoms with E-state index in [1.807, 2.05) is 0 Å². The van der Waals surface area contributed by atoms with Crippen LogP contribution in [0, 0.1) is 0 Å². The minimum absolute atomic E-state index is 0.114. The average Bonchev–Trinajstić information content (AvgIpc) is 4.05. The van der Waals surface area contributed by atoms with Crippen molar-refractivity contribution in [2.75, 3.05) is 39.6 Å². The highest BCUT2D eigenvalue weighted by molar-refractivity contribution is 5.01. The fourth-order valence-corrected chi connectivity index (χ4v) is 8.28. The molecule has 26 nitrogen and oxygen atoms in total. The smallest absolute Gasteiger partial charge is 0.187 e. The summed E-state index contributed by atoms with van der Waals surface area (Å²) in [5.74, 6) is 0. The first-order valence-electron chi connectivity index (χ1n) is 21.6. The van der Waals surface area contributed by atoms with E-state index in [2.05, 4.69) is 6.92 Å². The molecule has 0 aromatic carbocycles. The Morgan fingerprint density at radius 2 is 0.641 bits per heavy atom. The van der Waals surface area contributed by atoms with Crippen molar-refractivity contribution in [1.29, 1.82) is 0 Å². The molecule has 0 radical (unpaired) electrons. The zero-order valence-corrected chi connectivity index (χ0v) is 35.2. The summed E-state index contributed by atoms with van der Waals surface area (Å²) >= 11 is 0. The normalized spacial score (nSPS) is 43.8. The van der Waals surface area contributed by atoms with Gasteiger partial charge >= 0.3 is 0 Å². The van der Waals surface area contributed by atoms with Gasteiger partial charge in [0.2, 0.25) is 0 Å². The van der Waals surface area contributed by atoms with E-state index in [0.29, 0.717) is 6.42 Å². The highest BCUT2D eigenvalue weighted by Crippen LogP contribution is 2.39. The average molecular weight is 941 g/mol. The van der Waals surface area contributed by atoms with E-state index in [1.54, 1.807) is 0 Å². The van der Waals surface area contributed by atoms with Crippen LogP contribution in [0.25, 0.3) is 0 Å². The molecular formula is C38H68O26. The fraction of sp³-hybridized carbons (Fsp3) is 1.00. The molecule has 0 unspecified atom stereocenters. The van der Waals surface area contributed by atoms with Crippen molar-refractivity contribution in [1.82, 2.24) is 0 Å². The molecule has 25 atom stereocenters. The zero-order valence-electron chi connectivity index (χ0n) is 35.2.